The van der Waals surface area contributed by atoms with E-state index in [1.807, 2.05) is 36.0 Å². The molecule has 18 heavy (non-hydrogen) atoms. The maximum Gasteiger partial charge on any atom is 0.238 e. The van der Waals surface area contributed by atoms with Gasteiger partial charge in [-0.3, -0.25) is 4.79 Å². The number of benzene rings is 1. The lowest BCUT2D eigenvalue weighted by molar-refractivity contribution is -0.115. The van der Waals surface area contributed by atoms with Gasteiger partial charge in [0.25, 0.3) is 0 Å². The molecule has 1 rings (SSSR count). The van der Waals surface area contributed by atoms with Crippen LogP contribution in [-0.4, -0.2) is 30.5 Å². The molecule has 0 fully saturated rings. The summed E-state index contributed by atoms with van der Waals surface area (Å²) < 4.78 is 0.898. The minimum atomic E-state index is -0.0151. The Morgan fingerprint density at radius 3 is 2.83 bits per heavy atom. The third kappa shape index (κ3) is 5.89. The molecule has 1 amide bonds. The van der Waals surface area contributed by atoms with Crippen molar-refractivity contribution >= 4 is 39.3 Å². The molecule has 100 valence electrons. The van der Waals surface area contributed by atoms with E-state index in [4.69, 9.17) is 0 Å². The van der Waals surface area contributed by atoms with E-state index < -0.39 is 0 Å². The number of amides is 1. The maximum absolute atomic E-state index is 11.7. The molecule has 1 aromatic carbocycles. The van der Waals surface area contributed by atoms with E-state index in [1.54, 1.807) is 0 Å². The highest BCUT2D eigenvalue weighted by Crippen LogP contribution is 2.20. The van der Waals surface area contributed by atoms with Crippen molar-refractivity contribution < 1.29 is 4.79 Å². The van der Waals surface area contributed by atoms with Gasteiger partial charge in [-0.1, -0.05) is 19.1 Å². The van der Waals surface area contributed by atoms with Crippen LogP contribution in [0.3, 0.4) is 0 Å². The van der Waals surface area contributed by atoms with Crippen LogP contribution in [0.2, 0.25) is 0 Å². The van der Waals surface area contributed by atoms with Gasteiger partial charge in [0, 0.05) is 9.72 Å². The zero-order chi connectivity index (χ0) is 13.4. The van der Waals surface area contributed by atoms with Crippen molar-refractivity contribution in [2.75, 3.05) is 24.7 Å². The molecule has 0 radical (unpaired) electrons. The fraction of sp³-hybridized carbons (Fsp3) is 0.462. The summed E-state index contributed by atoms with van der Waals surface area (Å²) >= 11 is 5.24. The number of nitrogens with one attached hydrogen (secondary N) is 2. The Balaban J connectivity index is 2.24. The Morgan fingerprint density at radius 1 is 1.44 bits per heavy atom. The number of rotatable bonds is 7. The summed E-state index contributed by atoms with van der Waals surface area (Å²) in [6.45, 7) is 3.40. The van der Waals surface area contributed by atoms with E-state index in [0.717, 1.165) is 23.1 Å². The van der Waals surface area contributed by atoms with Crippen LogP contribution in [0.25, 0.3) is 0 Å². The van der Waals surface area contributed by atoms with Gasteiger partial charge in [-0.2, -0.15) is 11.8 Å². The van der Waals surface area contributed by atoms with Crippen molar-refractivity contribution in [1.82, 2.24) is 5.32 Å². The molecule has 0 aromatic heterocycles. The van der Waals surface area contributed by atoms with E-state index in [2.05, 4.69) is 39.7 Å². The molecule has 0 spiro atoms. The Morgan fingerprint density at radius 2 is 2.17 bits per heavy atom. The van der Waals surface area contributed by atoms with Crippen molar-refractivity contribution in [2.24, 2.45) is 0 Å². The second kappa shape index (κ2) is 8.56. The summed E-state index contributed by atoms with van der Waals surface area (Å²) in [5.41, 5.74) is 0.807. The minimum absolute atomic E-state index is 0.0151. The van der Waals surface area contributed by atoms with Crippen molar-refractivity contribution in [3.8, 4) is 0 Å². The second-order valence-electron chi connectivity index (χ2n) is 4.04. The van der Waals surface area contributed by atoms with Gasteiger partial charge in [-0.05, 0) is 47.3 Å². The van der Waals surface area contributed by atoms with Gasteiger partial charge in [0.15, 0.2) is 0 Å². The van der Waals surface area contributed by atoms with Crippen LogP contribution in [0.5, 0.6) is 0 Å². The predicted molar refractivity (Wildman–Crippen MR) is 83.2 cm³/mol. The standard InChI is InChI=1S/C13H19BrN2OS/c1-10(18-2)7-8-15-9-13(17)16-12-6-4-3-5-11(12)14/h3-6,10,15H,7-9H2,1-2H3,(H,16,17). The number of thioether (sulfide) groups is 1. The lowest BCUT2D eigenvalue weighted by Crippen LogP contribution is -2.29. The number of anilines is 1. The molecule has 3 nitrogen and oxygen atoms in total. The summed E-state index contributed by atoms with van der Waals surface area (Å²) in [6, 6.07) is 7.59. The van der Waals surface area contributed by atoms with E-state index in [0.29, 0.717) is 11.8 Å². The van der Waals surface area contributed by atoms with Gasteiger partial charge in [0.2, 0.25) is 5.91 Å². The Labute approximate surface area is 121 Å². The third-order valence-corrected chi connectivity index (χ3v) is 4.30. The van der Waals surface area contributed by atoms with Gasteiger partial charge < -0.3 is 10.6 Å². The van der Waals surface area contributed by atoms with E-state index in [-0.39, 0.29) is 5.91 Å². The van der Waals surface area contributed by atoms with Gasteiger partial charge in [-0.15, -0.1) is 0 Å². The van der Waals surface area contributed by atoms with Gasteiger partial charge in [0.1, 0.15) is 0 Å². The normalized spacial score (nSPS) is 12.2. The summed E-state index contributed by atoms with van der Waals surface area (Å²) in [5, 5.41) is 6.64. The van der Waals surface area contributed by atoms with Crippen LogP contribution in [0.1, 0.15) is 13.3 Å². The number of carbonyl (C=O) groups is 1. The molecule has 5 heteroatoms. The first-order valence-electron chi connectivity index (χ1n) is 5.91. The lowest BCUT2D eigenvalue weighted by Gasteiger charge is -2.10. The van der Waals surface area contributed by atoms with E-state index in [1.165, 1.54) is 0 Å². The largest absolute Gasteiger partial charge is 0.324 e. The SMILES string of the molecule is CSC(C)CCNCC(=O)Nc1ccccc1Br. The Kier molecular flexibility index (Phi) is 7.39. The highest BCUT2D eigenvalue weighted by Gasteiger charge is 2.05. The first-order chi connectivity index (χ1) is 8.63. The summed E-state index contributed by atoms with van der Waals surface area (Å²) in [4.78, 5) is 11.7. The number of para-hydroxylation sites is 1. The topological polar surface area (TPSA) is 41.1 Å². The zero-order valence-corrected chi connectivity index (χ0v) is 13.1. The molecule has 1 atom stereocenters. The van der Waals surface area contributed by atoms with Crippen LogP contribution < -0.4 is 10.6 Å². The average molecular weight is 331 g/mol. The first kappa shape index (κ1) is 15.5. The summed E-state index contributed by atoms with van der Waals surface area (Å²) in [6.07, 6.45) is 3.17. The highest BCUT2D eigenvalue weighted by molar-refractivity contribution is 9.10. The monoisotopic (exact) mass is 330 g/mol. The molecule has 0 heterocycles. The molecule has 0 bridgehead atoms. The van der Waals surface area contributed by atoms with E-state index in [9.17, 15) is 4.79 Å². The van der Waals surface area contributed by atoms with Gasteiger partial charge in [0.05, 0.1) is 12.2 Å². The second-order valence-corrected chi connectivity index (χ2v) is 6.17. The Hall–Kier alpha value is -0.520. The van der Waals surface area contributed by atoms with E-state index >= 15 is 0 Å². The van der Waals surface area contributed by atoms with Crippen molar-refractivity contribution in [1.29, 1.82) is 0 Å². The number of carbonyl (C=O) groups excluding carboxylic acids is 1. The quantitative estimate of drug-likeness (QED) is 0.755. The molecule has 0 aliphatic rings. The molecule has 0 saturated heterocycles. The number of hydrogen-bond acceptors (Lipinski definition) is 3. The summed E-state index contributed by atoms with van der Waals surface area (Å²) in [5.74, 6) is -0.0151. The lowest BCUT2D eigenvalue weighted by atomic mass is 10.3. The maximum atomic E-state index is 11.7. The van der Waals surface area contributed by atoms with Crippen LogP contribution in [-0.2, 0) is 4.79 Å². The predicted octanol–water partition coefficient (Wildman–Crippen LogP) is 3.12. The van der Waals surface area contributed by atoms with Crippen LogP contribution in [0, 0.1) is 0 Å². The average Bonchev–Trinajstić information content (AvgIpc) is 2.37. The zero-order valence-electron chi connectivity index (χ0n) is 10.7. The van der Waals surface area contributed by atoms with Crippen molar-refractivity contribution in [3.05, 3.63) is 28.7 Å². The molecular formula is C13H19BrN2OS. The minimum Gasteiger partial charge on any atom is -0.324 e. The van der Waals surface area contributed by atoms with Crippen molar-refractivity contribution in [2.45, 2.75) is 18.6 Å². The molecular weight excluding hydrogens is 312 g/mol. The van der Waals surface area contributed by atoms with Gasteiger partial charge >= 0.3 is 0 Å². The number of hydrogen-bond donors (Lipinski definition) is 2. The van der Waals surface area contributed by atoms with Crippen LogP contribution in [0.15, 0.2) is 28.7 Å². The molecule has 1 aromatic rings. The van der Waals surface area contributed by atoms with Crippen LogP contribution >= 0.6 is 27.7 Å². The van der Waals surface area contributed by atoms with Crippen LogP contribution in [0.4, 0.5) is 5.69 Å². The number of halogens is 1. The fourth-order valence-electron chi connectivity index (χ4n) is 1.38. The smallest absolute Gasteiger partial charge is 0.238 e. The molecule has 0 aliphatic heterocycles. The third-order valence-electron chi connectivity index (χ3n) is 2.56. The molecule has 1 unspecified atom stereocenters. The fourth-order valence-corrected chi connectivity index (χ4v) is 2.12. The van der Waals surface area contributed by atoms with Crippen molar-refractivity contribution in [3.63, 3.8) is 0 Å². The van der Waals surface area contributed by atoms with Gasteiger partial charge in [-0.25, -0.2) is 0 Å². The summed E-state index contributed by atoms with van der Waals surface area (Å²) in [7, 11) is 0. The first-order valence-corrected chi connectivity index (χ1v) is 7.99. The molecule has 0 aliphatic carbocycles. The molecule has 2 N–H and O–H groups in total. The highest BCUT2D eigenvalue weighted by atomic mass is 79.9. The molecule has 0 saturated carbocycles. The Bertz CT molecular complexity index is 387.